The Bertz CT molecular complexity index is 1190. The van der Waals surface area contributed by atoms with Crippen LogP contribution in [0.2, 0.25) is 5.02 Å². The van der Waals surface area contributed by atoms with Crippen molar-refractivity contribution in [2.45, 2.75) is 0 Å². The Morgan fingerprint density at radius 3 is 2.92 bits per heavy atom. The summed E-state index contributed by atoms with van der Waals surface area (Å²) >= 11 is 5.96. The van der Waals surface area contributed by atoms with E-state index in [-0.39, 0.29) is 11.4 Å². The number of Topliss-reactive ketones (excluding diaryl/α,β-unsaturated/α-hetero) is 1. The van der Waals surface area contributed by atoms with Crippen molar-refractivity contribution in [3.8, 4) is 6.07 Å². The number of allylic oxidation sites excluding steroid dienone is 1. The van der Waals surface area contributed by atoms with Crippen LogP contribution in [0.5, 0.6) is 0 Å². The second kappa shape index (κ2) is 5.93. The maximum Gasteiger partial charge on any atom is 0.205 e. The number of nitriles is 1. The van der Waals surface area contributed by atoms with Crippen LogP contribution in [0.25, 0.3) is 22.6 Å². The number of halogens is 1. The Labute approximate surface area is 147 Å². The molecule has 6 heteroatoms. The third-order valence-electron chi connectivity index (χ3n) is 3.92. The highest BCUT2D eigenvalue weighted by Gasteiger charge is 2.17. The Morgan fingerprint density at radius 2 is 2.08 bits per heavy atom. The third-order valence-corrected chi connectivity index (χ3v) is 4.15. The molecule has 25 heavy (non-hydrogen) atoms. The minimum absolute atomic E-state index is 0.0271. The number of carbonyl (C=O) groups is 1. The molecule has 0 unspecified atom stereocenters. The van der Waals surface area contributed by atoms with Crippen LogP contribution in [0, 0.1) is 11.3 Å². The molecule has 0 aliphatic heterocycles. The second-order valence-corrected chi connectivity index (χ2v) is 5.96. The van der Waals surface area contributed by atoms with E-state index < -0.39 is 0 Å². The standard InChI is InChI=1S/C19H11ClN4O/c20-13-5-6-18-23-14(11-24(18)10-13)7-12(8-21)19(25)16-9-22-17-4-2-1-3-15(16)17/h1-7,9-11,22H/b12-7+. The third kappa shape index (κ3) is 2.69. The Balaban J connectivity index is 1.77. The van der Waals surface area contributed by atoms with Crippen LogP contribution < -0.4 is 0 Å². The van der Waals surface area contributed by atoms with Gasteiger partial charge in [0.15, 0.2) is 0 Å². The number of hydrogen-bond acceptors (Lipinski definition) is 3. The quantitative estimate of drug-likeness (QED) is 0.342. The number of pyridine rings is 1. The monoisotopic (exact) mass is 346 g/mol. The Hall–Kier alpha value is -3.36. The highest BCUT2D eigenvalue weighted by atomic mass is 35.5. The van der Waals surface area contributed by atoms with Crippen LogP contribution in [0.4, 0.5) is 0 Å². The molecule has 4 rings (SSSR count). The highest BCUT2D eigenvalue weighted by Crippen LogP contribution is 2.22. The summed E-state index contributed by atoms with van der Waals surface area (Å²) in [7, 11) is 0. The predicted molar refractivity (Wildman–Crippen MR) is 96.4 cm³/mol. The molecule has 0 radical (unpaired) electrons. The molecule has 3 heterocycles. The topological polar surface area (TPSA) is 74.0 Å². The number of aromatic amines is 1. The number of H-pyrrole nitrogens is 1. The minimum Gasteiger partial charge on any atom is -0.360 e. The van der Waals surface area contributed by atoms with E-state index in [2.05, 4.69) is 9.97 Å². The summed E-state index contributed by atoms with van der Waals surface area (Å²) in [6.07, 6.45) is 6.56. The fourth-order valence-electron chi connectivity index (χ4n) is 2.75. The number of imidazole rings is 1. The summed E-state index contributed by atoms with van der Waals surface area (Å²) in [5.74, 6) is -0.338. The van der Waals surface area contributed by atoms with Gasteiger partial charge in [-0.3, -0.25) is 4.79 Å². The summed E-state index contributed by atoms with van der Waals surface area (Å²) < 4.78 is 1.75. The van der Waals surface area contributed by atoms with Gasteiger partial charge in [0.2, 0.25) is 5.78 Å². The number of fused-ring (bicyclic) bond motifs is 2. The summed E-state index contributed by atoms with van der Waals surface area (Å²) in [5, 5.41) is 10.8. The molecule has 5 nitrogen and oxygen atoms in total. The first kappa shape index (κ1) is 15.2. The smallest absolute Gasteiger partial charge is 0.205 e. The van der Waals surface area contributed by atoms with Crippen molar-refractivity contribution in [3.05, 3.63) is 76.8 Å². The largest absolute Gasteiger partial charge is 0.360 e. The van der Waals surface area contributed by atoms with Gasteiger partial charge < -0.3 is 9.38 Å². The highest BCUT2D eigenvalue weighted by molar-refractivity contribution is 6.30. The molecule has 0 aliphatic carbocycles. The van der Waals surface area contributed by atoms with E-state index in [4.69, 9.17) is 11.6 Å². The molecule has 0 atom stereocenters. The van der Waals surface area contributed by atoms with Gasteiger partial charge in [-0.15, -0.1) is 0 Å². The number of benzene rings is 1. The fraction of sp³-hybridized carbons (Fsp3) is 0. The first-order valence-electron chi connectivity index (χ1n) is 7.52. The van der Waals surface area contributed by atoms with Gasteiger partial charge in [0.25, 0.3) is 0 Å². The van der Waals surface area contributed by atoms with Crippen molar-refractivity contribution in [3.63, 3.8) is 0 Å². The SMILES string of the molecule is N#C/C(=C\c1cn2cc(Cl)ccc2n1)C(=O)c1c[nH]c2ccccc12. The molecule has 0 amide bonds. The average molecular weight is 347 g/mol. The van der Waals surface area contributed by atoms with Gasteiger partial charge in [0.05, 0.1) is 10.7 Å². The predicted octanol–water partition coefficient (Wildman–Crippen LogP) is 4.26. The fourth-order valence-corrected chi connectivity index (χ4v) is 2.92. The molecule has 4 aromatic rings. The van der Waals surface area contributed by atoms with E-state index in [9.17, 15) is 10.1 Å². The molecule has 3 aromatic heterocycles. The molecule has 1 N–H and O–H groups in total. The van der Waals surface area contributed by atoms with Crippen LogP contribution >= 0.6 is 11.6 Å². The van der Waals surface area contributed by atoms with Crippen LogP contribution in [-0.4, -0.2) is 20.2 Å². The summed E-state index contributed by atoms with van der Waals surface area (Å²) in [6, 6.07) is 13.0. The van der Waals surface area contributed by atoms with Crippen molar-refractivity contribution in [2.24, 2.45) is 0 Å². The second-order valence-electron chi connectivity index (χ2n) is 5.53. The van der Waals surface area contributed by atoms with E-state index in [1.54, 1.807) is 35.1 Å². The van der Waals surface area contributed by atoms with Gasteiger partial charge in [-0.05, 0) is 24.3 Å². The van der Waals surface area contributed by atoms with E-state index in [0.29, 0.717) is 21.9 Å². The van der Waals surface area contributed by atoms with Crippen molar-refractivity contribution in [1.82, 2.24) is 14.4 Å². The molecule has 0 saturated heterocycles. The van der Waals surface area contributed by atoms with E-state index in [1.165, 1.54) is 6.08 Å². The number of nitrogens with one attached hydrogen (secondary N) is 1. The molecule has 0 bridgehead atoms. The lowest BCUT2D eigenvalue weighted by atomic mass is 10.0. The first-order valence-corrected chi connectivity index (χ1v) is 7.90. The molecular formula is C19H11ClN4O. The van der Waals surface area contributed by atoms with Crippen LogP contribution in [-0.2, 0) is 0 Å². The number of aromatic nitrogens is 3. The summed E-state index contributed by atoms with van der Waals surface area (Å²) in [5.41, 5.74) is 2.56. The number of rotatable bonds is 3. The lowest BCUT2D eigenvalue weighted by Crippen LogP contribution is -2.01. The van der Waals surface area contributed by atoms with Gasteiger partial charge in [0, 0.05) is 35.1 Å². The van der Waals surface area contributed by atoms with E-state index in [0.717, 1.165) is 10.9 Å². The first-order chi connectivity index (χ1) is 12.2. The van der Waals surface area contributed by atoms with Crippen molar-refractivity contribution in [2.75, 3.05) is 0 Å². The Morgan fingerprint density at radius 1 is 1.24 bits per heavy atom. The van der Waals surface area contributed by atoms with E-state index in [1.807, 2.05) is 30.3 Å². The van der Waals surface area contributed by atoms with Gasteiger partial charge in [-0.2, -0.15) is 5.26 Å². The maximum absolute atomic E-state index is 12.8. The number of hydrogen-bond donors (Lipinski definition) is 1. The number of ketones is 1. The minimum atomic E-state index is -0.338. The molecule has 120 valence electrons. The van der Waals surface area contributed by atoms with Gasteiger partial charge in [0.1, 0.15) is 17.3 Å². The maximum atomic E-state index is 12.8. The molecule has 0 saturated carbocycles. The number of nitrogens with zero attached hydrogens (tertiary/aromatic N) is 3. The number of carbonyl (C=O) groups excluding carboxylic acids is 1. The lowest BCUT2D eigenvalue weighted by Gasteiger charge is -1.97. The summed E-state index contributed by atoms with van der Waals surface area (Å²) in [4.78, 5) is 20.2. The Kier molecular flexibility index (Phi) is 3.60. The van der Waals surface area contributed by atoms with Crippen LogP contribution in [0.15, 0.2) is 60.6 Å². The van der Waals surface area contributed by atoms with Crippen LogP contribution in [0.1, 0.15) is 16.1 Å². The van der Waals surface area contributed by atoms with Crippen molar-refractivity contribution in [1.29, 1.82) is 5.26 Å². The average Bonchev–Trinajstić information content (AvgIpc) is 3.22. The molecule has 0 aliphatic rings. The zero-order valence-corrected chi connectivity index (χ0v) is 13.7. The van der Waals surface area contributed by atoms with E-state index >= 15 is 0 Å². The zero-order valence-electron chi connectivity index (χ0n) is 12.9. The van der Waals surface area contributed by atoms with Crippen molar-refractivity contribution >= 4 is 40.0 Å². The normalized spacial score (nSPS) is 11.8. The van der Waals surface area contributed by atoms with Crippen molar-refractivity contribution < 1.29 is 4.79 Å². The van der Waals surface area contributed by atoms with Gasteiger partial charge in [-0.1, -0.05) is 29.8 Å². The number of para-hydroxylation sites is 1. The molecular weight excluding hydrogens is 336 g/mol. The van der Waals surface area contributed by atoms with Gasteiger partial charge >= 0.3 is 0 Å². The summed E-state index contributed by atoms with van der Waals surface area (Å²) in [6.45, 7) is 0. The lowest BCUT2D eigenvalue weighted by molar-refractivity contribution is 0.104. The molecule has 0 fully saturated rings. The molecule has 0 spiro atoms. The molecule has 1 aromatic carbocycles. The van der Waals surface area contributed by atoms with Gasteiger partial charge in [-0.25, -0.2) is 4.98 Å². The van der Waals surface area contributed by atoms with Crippen LogP contribution in [0.3, 0.4) is 0 Å². The zero-order chi connectivity index (χ0) is 17.4.